The summed E-state index contributed by atoms with van der Waals surface area (Å²) in [6.45, 7) is 0. The van der Waals surface area contributed by atoms with Gasteiger partial charge in [0.05, 0.1) is 6.21 Å². The van der Waals surface area contributed by atoms with Crippen LogP contribution in [0.15, 0.2) is 58.1 Å². The van der Waals surface area contributed by atoms with Crippen LogP contribution in [0.4, 0.5) is 0 Å². The summed E-state index contributed by atoms with van der Waals surface area (Å²) < 4.78 is 1.04. The van der Waals surface area contributed by atoms with Crippen LogP contribution in [-0.4, -0.2) is 12.2 Å². The van der Waals surface area contributed by atoms with E-state index < -0.39 is 0 Å². The van der Waals surface area contributed by atoms with E-state index in [1.54, 1.807) is 6.21 Å². The molecule has 0 aliphatic rings. The molecule has 2 aromatic rings. The van der Waals surface area contributed by atoms with Crippen LogP contribution >= 0.6 is 15.9 Å². The Hall–Kier alpha value is -2.14. The van der Waals surface area contributed by atoms with Gasteiger partial charge in [0.25, 0.3) is 0 Å². The van der Waals surface area contributed by atoms with Crippen LogP contribution in [0.1, 0.15) is 5.56 Å². The average molecular weight is 317 g/mol. The molecular formula is C14H13BrN4. The van der Waals surface area contributed by atoms with Crippen molar-refractivity contribution in [2.45, 2.75) is 0 Å². The first-order valence-corrected chi connectivity index (χ1v) is 6.43. The summed E-state index contributed by atoms with van der Waals surface area (Å²) in [5.41, 5.74) is 10.7. The van der Waals surface area contributed by atoms with Gasteiger partial charge in [0.1, 0.15) is 0 Å². The fraction of sp³-hybridized carbons (Fsp3) is 0. The number of hydrogen-bond donors (Lipinski definition) is 3. The van der Waals surface area contributed by atoms with Crippen molar-refractivity contribution >= 4 is 28.1 Å². The summed E-state index contributed by atoms with van der Waals surface area (Å²) in [6.07, 6.45) is 1.63. The lowest BCUT2D eigenvalue weighted by Gasteiger charge is -2.03. The van der Waals surface area contributed by atoms with Crippen LogP contribution in [0.5, 0.6) is 0 Å². The smallest absolute Gasteiger partial charge is 0.206 e. The summed E-state index contributed by atoms with van der Waals surface area (Å²) in [4.78, 5) is 0. The van der Waals surface area contributed by atoms with Crippen molar-refractivity contribution < 1.29 is 0 Å². The summed E-state index contributed by atoms with van der Waals surface area (Å²) in [7, 11) is 0. The minimum absolute atomic E-state index is 0.181. The quantitative estimate of drug-likeness (QED) is 0.462. The zero-order valence-electron chi connectivity index (χ0n) is 10.1. The summed E-state index contributed by atoms with van der Waals surface area (Å²) >= 11 is 3.46. The molecule has 0 atom stereocenters. The number of guanidine groups is 1. The van der Waals surface area contributed by atoms with Gasteiger partial charge < -0.3 is 5.73 Å². The standard InChI is InChI=1S/C14H13BrN4/c15-13-6-2-5-12(8-13)11-4-1-3-10(7-11)9-18-19-14(16)17/h1-9H,(H4,16,17,19)/b18-9+. The fourth-order valence-electron chi connectivity index (χ4n) is 1.64. The fourth-order valence-corrected chi connectivity index (χ4v) is 2.04. The first-order chi connectivity index (χ1) is 9.15. The van der Waals surface area contributed by atoms with Gasteiger partial charge in [-0.25, -0.2) is 5.43 Å². The Morgan fingerprint density at radius 2 is 1.84 bits per heavy atom. The summed E-state index contributed by atoms with van der Waals surface area (Å²) in [6, 6.07) is 16.1. The topological polar surface area (TPSA) is 74.3 Å². The van der Waals surface area contributed by atoms with E-state index >= 15 is 0 Å². The van der Waals surface area contributed by atoms with E-state index in [-0.39, 0.29) is 5.96 Å². The van der Waals surface area contributed by atoms with E-state index in [2.05, 4.69) is 38.6 Å². The number of halogens is 1. The Balaban J connectivity index is 2.24. The van der Waals surface area contributed by atoms with Crippen LogP contribution in [0, 0.1) is 5.41 Å². The lowest BCUT2D eigenvalue weighted by Crippen LogP contribution is -2.25. The first-order valence-electron chi connectivity index (χ1n) is 5.64. The van der Waals surface area contributed by atoms with Gasteiger partial charge in [-0.3, -0.25) is 5.41 Å². The molecule has 0 bridgehead atoms. The third-order valence-electron chi connectivity index (χ3n) is 2.44. The Labute approximate surface area is 120 Å². The first kappa shape index (κ1) is 13.3. The van der Waals surface area contributed by atoms with Crippen LogP contribution in [0.3, 0.4) is 0 Å². The SMILES string of the molecule is N=C(N)N/N=C/c1cccc(-c2cccc(Br)c2)c1. The second-order valence-electron chi connectivity index (χ2n) is 3.92. The predicted molar refractivity (Wildman–Crippen MR) is 82.2 cm³/mol. The molecule has 0 amide bonds. The van der Waals surface area contributed by atoms with Gasteiger partial charge in [0.15, 0.2) is 0 Å². The van der Waals surface area contributed by atoms with E-state index in [0.29, 0.717) is 0 Å². The third-order valence-corrected chi connectivity index (χ3v) is 2.94. The maximum absolute atomic E-state index is 7.01. The minimum Gasteiger partial charge on any atom is -0.369 e. The Bertz CT molecular complexity index is 622. The summed E-state index contributed by atoms with van der Waals surface area (Å²) in [5, 5.41) is 10.9. The largest absolute Gasteiger partial charge is 0.369 e. The van der Waals surface area contributed by atoms with Crippen LogP contribution in [-0.2, 0) is 0 Å². The molecule has 96 valence electrons. The molecule has 2 aromatic carbocycles. The molecule has 2 rings (SSSR count). The molecule has 4 N–H and O–H groups in total. The van der Waals surface area contributed by atoms with Crippen molar-refractivity contribution in [1.82, 2.24) is 5.43 Å². The second-order valence-corrected chi connectivity index (χ2v) is 4.84. The molecule has 0 saturated carbocycles. The Morgan fingerprint density at radius 1 is 1.16 bits per heavy atom. The Morgan fingerprint density at radius 3 is 2.53 bits per heavy atom. The minimum atomic E-state index is -0.181. The molecule has 0 aliphatic carbocycles. The number of hydrogen-bond acceptors (Lipinski definition) is 2. The predicted octanol–water partition coefficient (Wildman–Crippen LogP) is 2.93. The second kappa shape index (κ2) is 6.15. The van der Waals surface area contributed by atoms with Gasteiger partial charge in [-0.05, 0) is 34.9 Å². The maximum atomic E-state index is 7.01. The molecule has 0 aromatic heterocycles. The molecule has 0 unspecified atom stereocenters. The van der Waals surface area contributed by atoms with E-state index in [0.717, 1.165) is 21.2 Å². The van der Waals surface area contributed by atoms with Crippen molar-refractivity contribution in [2.24, 2.45) is 10.8 Å². The number of nitrogens with one attached hydrogen (secondary N) is 2. The zero-order valence-corrected chi connectivity index (χ0v) is 11.7. The molecule has 4 nitrogen and oxygen atoms in total. The number of nitrogens with two attached hydrogens (primary N) is 1. The lowest BCUT2D eigenvalue weighted by molar-refractivity contribution is 1.00. The highest BCUT2D eigenvalue weighted by Crippen LogP contribution is 2.23. The molecule has 19 heavy (non-hydrogen) atoms. The highest BCUT2D eigenvalue weighted by molar-refractivity contribution is 9.10. The molecule has 0 spiro atoms. The van der Waals surface area contributed by atoms with Crippen LogP contribution in [0.25, 0.3) is 11.1 Å². The molecular weight excluding hydrogens is 304 g/mol. The van der Waals surface area contributed by atoms with Gasteiger partial charge in [0.2, 0.25) is 5.96 Å². The van der Waals surface area contributed by atoms with E-state index in [1.807, 2.05) is 36.4 Å². The summed E-state index contributed by atoms with van der Waals surface area (Å²) in [5.74, 6) is -0.181. The van der Waals surface area contributed by atoms with E-state index in [9.17, 15) is 0 Å². The van der Waals surface area contributed by atoms with Crippen molar-refractivity contribution in [1.29, 1.82) is 5.41 Å². The van der Waals surface area contributed by atoms with Crippen LogP contribution in [0.2, 0.25) is 0 Å². The van der Waals surface area contributed by atoms with E-state index in [1.165, 1.54) is 0 Å². The molecule has 0 heterocycles. The van der Waals surface area contributed by atoms with Gasteiger partial charge in [0, 0.05) is 4.47 Å². The number of rotatable bonds is 3. The number of hydrazone groups is 1. The third kappa shape index (κ3) is 3.93. The maximum Gasteiger partial charge on any atom is 0.206 e. The van der Waals surface area contributed by atoms with Gasteiger partial charge in [-0.1, -0.05) is 46.3 Å². The van der Waals surface area contributed by atoms with E-state index in [4.69, 9.17) is 11.1 Å². The molecule has 0 radical (unpaired) electrons. The normalized spacial score (nSPS) is 10.6. The molecule has 5 heteroatoms. The molecule has 0 saturated heterocycles. The molecule has 0 fully saturated rings. The highest BCUT2D eigenvalue weighted by atomic mass is 79.9. The highest BCUT2D eigenvalue weighted by Gasteiger charge is 1.99. The van der Waals surface area contributed by atoms with Gasteiger partial charge in [-0.2, -0.15) is 5.10 Å². The monoisotopic (exact) mass is 316 g/mol. The van der Waals surface area contributed by atoms with Crippen molar-refractivity contribution in [3.63, 3.8) is 0 Å². The lowest BCUT2D eigenvalue weighted by atomic mass is 10.0. The zero-order chi connectivity index (χ0) is 13.7. The van der Waals surface area contributed by atoms with Gasteiger partial charge in [-0.15, -0.1) is 0 Å². The van der Waals surface area contributed by atoms with Crippen molar-refractivity contribution in [3.8, 4) is 11.1 Å². The average Bonchev–Trinajstić information content (AvgIpc) is 2.39. The van der Waals surface area contributed by atoms with Crippen LogP contribution < -0.4 is 11.2 Å². The number of nitrogens with zero attached hydrogens (tertiary/aromatic N) is 1. The Kier molecular flexibility index (Phi) is 4.30. The van der Waals surface area contributed by atoms with Gasteiger partial charge >= 0.3 is 0 Å². The molecule has 0 aliphatic heterocycles. The number of benzene rings is 2. The van der Waals surface area contributed by atoms with Crippen molar-refractivity contribution in [2.75, 3.05) is 0 Å². The van der Waals surface area contributed by atoms with Crippen molar-refractivity contribution in [3.05, 3.63) is 58.6 Å².